The van der Waals surface area contributed by atoms with Gasteiger partial charge in [-0.1, -0.05) is 81.7 Å². The number of aliphatic hydroxyl groups is 1. The van der Waals surface area contributed by atoms with E-state index in [4.69, 9.17) is 5.11 Å². The van der Waals surface area contributed by atoms with Gasteiger partial charge in [0.1, 0.15) is 0 Å². The van der Waals surface area contributed by atoms with Gasteiger partial charge in [-0.2, -0.15) is 0 Å². The van der Waals surface area contributed by atoms with Crippen LogP contribution in [0.4, 0.5) is 0 Å². The summed E-state index contributed by atoms with van der Waals surface area (Å²) < 4.78 is 0. The van der Waals surface area contributed by atoms with Crippen molar-refractivity contribution in [1.29, 1.82) is 0 Å². The number of rotatable bonds is 4. The van der Waals surface area contributed by atoms with Crippen molar-refractivity contribution in [3.8, 4) is 0 Å². The Morgan fingerprint density at radius 2 is 1.18 bits per heavy atom. The zero-order valence-electron chi connectivity index (χ0n) is 25.4. The third-order valence-corrected chi connectivity index (χ3v) is 5.34. The molecular formula is C30H62N2O. The van der Waals surface area contributed by atoms with Crippen LogP contribution in [-0.2, 0) is 6.42 Å². The van der Waals surface area contributed by atoms with Crippen LogP contribution in [0.15, 0.2) is 24.4 Å². The maximum atomic E-state index is 8.43. The van der Waals surface area contributed by atoms with Gasteiger partial charge in [0.25, 0.3) is 0 Å². The normalized spacial score (nSPS) is 12.0. The minimum atomic E-state index is 0.331. The van der Waals surface area contributed by atoms with Crippen LogP contribution in [-0.4, -0.2) is 41.2 Å². The van der Waals surface area contributed by atoms with E-state index in [2.05, 4.69) is 120 Å². The number of hydrogen-bond acceptors (Lipinski definition) is 3. The van der Waals surface area contributed by atoms with E-state index in [0.717, 1.165) is 19.3 Å². The summed E-state index contributed by atoms with van der Waals surface area (Å²) in [5.74, 6) is 0. The van der Waals surface area contributed by atoms with Crippen LogP contribution < -0.4 is 0 Å². The molecule has 0 amide bonds. The Morgan fingerprint density at radius 3 is 1.39 bits per heavy atom. The first-order valence-electron chi connectivity index (χ1n) is 12.8. The molecule has 198 valence electrons. The van der Waals surface area contributed by atoms with Crippen molar-refractivity contribution in [3.63, 3.8) is 0 Å². The zero-order chi connectivity index (χ0) is 26.9. The van der Waals surface area contributed by atoms with Crippen LogP contribution in [0.1, 0.15) is 121 Å². The number of aliphatic hydroxyl groups excluding tert-OH is 1. The van der Waals surface area contributed by atoms with Gasteiger partial charge < -0.3 is 10.0 Å². The molecule has 0 aliphatic rings. The molecule has 1 N–H and O–H groups in total. The summed E-state index contributed by atoms with van der Waals surface area (Å²) in [6.07, 6.45) is 7.46. The number of aromatic nitrogens is 1. The second-order valence-electron chi connectivity index (χ2n) is 13.7. The molecule has 0 fully saturated rings. The number of pyridine rings is 1. The van der Waals surface area contributed by atoms with Crippen molar-refractivity contribution >= 4 is 0 Å². The third kappa shape index (κ3) is 35.8. The summed E-state index contributed by atoms with van der Waals surface area (Å²) in [4.78, 5) is 6.47. The van der Waals surface area contributed by atoms with Crippen molar-refractivity contribution in [3.05, 3.63) is 30.1 Å². The fourth-order valence-electron chi connectivity index (χ4n) is 1.66. The van der Waals surface area contributed by atoms with Gasteiger partial charge in [0.15, 0.2) is 0 Å². The highest BCUT2D eigenvalue weighted by Crippen LogP contribution is 2.20. The van der Waals surface area contributed by atoms with Gasteiger partial charge in [-0.15, -0.1) is 0 Å². The molecule has 0 spiro atoms. The molecule has 1 aromatic rings. The van der Waals surface area contributed by atoms with Crippen LogP contribution in [0.25, 0.3) is 0 Å². The zero-order valence-corrected chi connectivity index (χ0v) is 25.4. The average Bonchev–Trinajstić information content (AvgIpc) is 2.64. The van der Waals surface area contributed by atoms with Crippen molar-refractivity contribution in [1.82, 2.24) is 9.88 Å². The first-order valence-corrected chi connectivity index (χ1v) is 12.8. The van der Waals surface area contributed by atoms with Crippen molar-refractivity contribution < 1.29 is 5.11 Å². The van der Waals surface area contributed by atoms with Gasteiger partial charge in [-0.3, -0.25) is 4.98 Å². The van der Waals surface area contributed by atoms with E-state index in [9.17, 15) is 0 Å². The van der Waals surface area contributed by atoms with Crippen LogP contribution in [0.5, 0.6) is 0 Å². The summed E-state index contributed by atoms with van der Waals surface area (Å²) in [6.45, 7) is 29.2. The predicted molar refractivity (Wildman–Crippen MR) is 151 cm³/mol. The second kappa shape index (κ2) is 17.5. The van der Waals surface area contributed by atoms with E-state index >= 15 is 0 Å². The Balaban J connectivity index is -0.000000380. The molecule has 33 heavy (non-hydrogen) atoms. The molecule has 0 aromatic carbocycles. The molecular weight excluding hydrogens is 404 g/mol. The van der Waals surface area contributed by atoms with Crippen LogP contribution >= 0.6 is 0 Å². The van der Waals surface area contributed by atoms with Gasteiger partial charge in [0, 0.05) is 24.0 Å². The maximum Gasteiger partial charge on any atom is 0.0431 e. The van der Waals surface area contributed by atoms with Gasteiger partial charge in [-0.05, 0) is 88.9 Å². The highest BCUT2D eigenvalue weighted by molar-refractivity contribution is 5.03. The fraction of sp³-hybridized carbons (Fsp3) is 0.833. The Morgan fingerprint density at radius 1 is 0.758 bits per heavy atom. The molecule has 0 atom stereocenters. The van der Waals surface area contributed by atoms with E-state index in [0.29, 0.717) is 28.4 Å². The maximum absolute atomic E-state index is 8.43. The average molecular weight is 467 g/mol. The molecule has 0 aliphatic carbocycles. The Kier molecular flexibility index (Phi) is 19.4. The largest absolute Gasteiger partial charge is 0.396 e. The second-order valence-corrected chi connectivity index (χ2v) is 13.7. The van der Waals surface area contributed by atoms with Crippen molar-refractivity contribution in [2.24, 2.45) is 16.2 Å². The van der Waals surface area contributed by atoms with Gasteiger partial charge >= 0.3 is 0 Å². The Hall–Kier alpha value is -0.930. The summed E-state index contributed by atoms with van der Waals surface area (Å²) in [5.41, 5.74) is 2.88. The molecule has 0 radical (unpaired) electrons. The van der Waals surface area contributed by atoms with Gasteiger partial charge in [0.05, 0.1) is 0 Å². The lowest BCUT2D eigenvalue weighted by atomic mass is 9.90. The first-order chi connectivity index (χ1) is 14.6. The van der Waals surface area contributed by atoms with E-state index in [1.165, 1.54) is 18.5 Å². The Bertz CT molecular complexity index is 538. The van der Waals surface area contributed by atoms with Crippen molar-refractivity contribution in [2.45, 2.75) is 128 Å². The first kappa shape index (κ1) is 36.6. The standard InChI is InChI=1S/C11H17N.C7H16O.C6H15N.C6H14/c1-11(2,3)8-7-10-6-4-5-9-12-10;1-7(2,3)5-4-6-8;1-6(2,3)7(4)5;1-5-6(2,3)4/h4-6,9H,7-8H2,1-3H3;8H,4-6H2,1-3H3;1-5H3;5H2,1-4H3. The molecule has 0 saturated heterocycles. The molecule has 1 heterocycles. The lowest BCUT2D eigenvalue weighted by Crippen LogP contribution is -2.34. The third-order valence-electron chi connectivity index (χ3n) is 5.34. The minimum Gasteiger partial charge on any atom is -0.396 e. The lowest BCUT2D eigenvalue weighted by Gasteiger charge is -2.27. The van der Waals surface area contributed by atoms with Crippen LogP contribution in [0.2, 0.25) is 0 Å². The molecule has 0 aliphatic heterocycles. The van der Waals surface area contributed by atoms with Gasteiger partial charge in [0.2, 0.25) is 0 Å². The van der Waals surface area contributed by atoms with E-state index in [1.54, 1.807) is 0 Å². The minimum absolute atomic E-state index is 0.331. The molecule has 1 rings (SSSR count). The smallest absolute Gasteiger partial charge is 0.0431 e. The predicted octanol–water partition coefficient (Wildman–Crippen LogP) is 8.65. The Labute approximate surface area is 209 Å². The lowest BCUT2D eigenvalue weighted by molar-refractivity contribution is 0.219. The summed E-state index contributed by atoms with van der Waals surface area (Å²) in [5, 5.41) is 8.43. The molecule has 0 saturated carbocycles. The van der Waals surface area contributed by atoms with Crippen LogP contribution in [0.3, 0.4) is 0 Å². The quantitative estimate of drug-likeness (QED) is 0.482. The van der Waals surface area contributed by atoms with Crippen LogP contribution in [0, 0.1) is 16.2 Å². The van der Waals surface area contributed by atoms with E-state index < -0.39 is 0 Å². The van der Waals surface area contributed by atoms with E-state index in [1.807, 2.05) is 18.3 Å². The monoisotopic (exact) mass is 466 g/mol. The number of nitrogens with zero attached hydrogens (tertiary/aromatic N) is 2. The number of aryl methyl sites for hydroxylation is 1. The SMILES string of the molecule is CC(C)(C)CCCO.CC(C)(C)CCc1ccccn1.CCC(C)(C)C.CN(C)C(C)(C)C. The topological polar surface area (TPSA) is 36.4 Å². The molecule has 0 unspecified atom stereocenters. The fourth-order valence-corrected chi connectivity index (χ4v) is 1.66. The highest BCUT2D eigenvalue weighted by Gasteiger charge is 2.11. The molecule has 3 nitrogen and oxygen atoms in total. The summed E-state index contributed by atoms with van der Waals surface area (Å²) >= 11 is 0. The molecule has 1 aromatic heterocycles. The highest BCUT2D eigenvalue weighted by atomic mass is 16.2. The number of hydrogen-bond donors (Lipinski definition) is 1. The van der Waals surface area contributed by atoms with E-state index in [-0.39, 0.29) is 0 Å². The molecule has 0 bridgehead atoms. The summed E-state index contributed by atoms with van der Waals surface area (Å²) in [7, 11) is 4.17. The summed E-state index contributed by atoms with van der Waals surface area (Å²) in [6, 6.07) is 6.09. The van der Waals surface area contributed by atoms with Gasteiger partial charge in [-0.25, -0.2) is 0 Å². The van der Waals surface area contributed by atoms with Crippen molar-refractivity contribution in [2.75, 3.05) is 20.7 Å². The molecule has 3 heteroatoms.